The number of hydrogen-bond donors (Lipinski definition) is 2. The summed E-state index contributed by atoms with van der Waals surface area (Å²) in [5.74, 6) is -2.84. The van der Waals surface area contributed by atoms with Crippen LogP contribution in [0.4, 0.5) is 15.8 Å². The topological polar surface area (TPSA) is 119 Å². The maximum atomic E-state index is 12.9. The number of nitrogens with zero attached hydrogens (tertiary/aromatic N) is 1. The number of amides is 1. The highest BCUT2D eigenvalue weighted by molar-refractivity contribution is 5.94. The van der Waals surface area contributed by atoms with E-state index in [9.17, 15) is 24.1 Å². The molecule has 0 aliphatic heterocycles. The van der Waals surface area contributed by atoms with Crippen molar-refractivity contribution in [3.63, 3.8) is 0 Å². The highest BCUT2D eigenvalue weighted by atomic mass is 19.1. The van der Waals surface area contributed by atoms with E-state index in [1.807, 2.05) is 0 Å². The predicted octanol–water partition coefficient (Wildman–Crippen LogP) is 0.774. The van der Waals surface area contributed by atoms with Crippen LogP contribution in [0.5, 0.6) is 0 Å². The largest absolute Gasteiger partial charge is 0.480 e. The molecule has 0 saturated heterocycles. The molecule has 0 aliphatic carbocycles. The number of hydrogen-bond acceptors (Lipinski definition) is 5. The number of nitro benzene ring substituents is 1. The van der Waals surface area contributed by atoms with E-state index in [0.29, 0.717) is 0 Å². The Morgan fingerprint density at radius 2 is 2.11 bits per heavy atom. The van der Waals surface area contributed by atoms with Gasteiger partial charge in [-0.2, -0.15) is 0 Å². The lowest BCUT2D eigenvalue weighted by Gasteiger charge is -2.06. The first-order valence-corrected chi connectivity index (χ1v) is 4.93. The summed E-state index contributed by atoms with van der Waals surface area (Å²) in [6.07, 6.45) is 0. The van der Waals surface area contributed by atoms with Crippen LogP contribution in [0.2, 0.25) is 0 Å². The third kappa shape index (κ3) is 4.68. The van der Waals surface area contributed by atoms with Gasteiger partial charge in [0.2, 0.25) is 0 Å². The van der Waals surface area contributed by atoms with E-state index >= 15 is 0 Å². The molecule has 0 heterocycles. The van der Waals surface area contributed by atoms with Crippen molar-refractivity contribution in [2.45, 2.75) is 0 Å². The molecule has 0 aromatic heterocycles. The Hall–Kier alpha value is -2.55. The number of anilines is 1. The van der Waals surface area contributed by atoms with Crippen LogP contribution < -0.4 is 5.32 Å². The van der Waals surface area contributed by atoms with Gasteiger partial charge in [0, 0.05) is 12.1 Å². The van der Waals surface area contributed by atoms with Crippen molar-refractivity contribution in [1.82, 2.24) is 0 Å². The number of nitrogens with one attached hydrogen (secondary N) is 1. The zero-order valence-corrected chi connectivity index (χ0v) is 9.46. The van der Waals surface area contributed by atoms with Gasteiger partial charge in [0.1, 0.15) is 24.7 Å². The standard InChI is InChI=1S/C10H9FN2O6/c11-6-1-2-8(13(17)18)7(3-6)12-9(14)4-19-5-10(15)16/h1-3H,4-5H2,(H,12,14)(H,15,16). The van der Waals surface area contributed by atoms with Gasteiger partial charge >= 0.3 is 5.97 Å². The van der Waals surface area contributed by atoms with Crippen LogP contribution in [0.25, 0.3) is 0 Å². The molecule has 9 heteroatoms. The summed E-state index contributed by atoms with van der Waals surface area (Å²) in [4.78, 5) is 31.3. The SMILES string of the molecule is O=C(O)COCC(=O)Nc1cc(F)ccc1[N+](=O)[O-]. The zero-order chi connectivity index (χ0) is 14.4. The van der Waals surface area contributed by atoms with Gasteiger partial charge in [-0.1, -0.05) is 0 Å². The normalized spacial score (nSPS) is 9.95. The molecule has 0 aliphatic rings. The summed E-state index contributed by atoms with van der Waals surface area (Å²) in [6.45, 7) is -1.29. The zero-order valence-electron chi connectivity index (χ0n) is 9.46. The Kier molecular flexibility index (Phi) is 4.89. The van der Waals surface area contributed by atoms with Crippen LogP contribution >= 0.6 is 0 Å². The first-order chi connectivity index (χ1) is 8.90. The van der Waals surface area contributed by atoms with Gasteiger partial charge in [0.25, 0.3) is 11.6 Å². The molecule has 0 bridgehead atoms. The Labute approximate surface area is 105 Å². The number of aliphatic carboxylic acids is 1. The molecule has 2 N–H and O–H groups in total. The number of carbonyl (C=O) groups is 2. The van der Waals surface area contributed by atoms with E-state index < -0.39 is 41.5 Å². The third-order valence-corrected chi connectivity index (χ3v) is 1.89. The summed E-state index contributed by atoms with van der Waals surface area (Å²) in [7, 11) is 0. The molecule has 1 aromatic carbocycles. The second-order valence-corrected chi connectivity index (χ2v) is 3.35. The fraction of sp³-hybridized carbons (Fsp3) is 0.200. The fourth-order valence-corrected chi connectivity index (χ4v) is 1.18. The van der Waals surface area contributed by atoms with Crippen LogP contribution in [0.15, 0.2) is 18.2 Å². The Bertz CT molecular complexity index is 519. The number of carboxylic acids is 1. The van der Waals surface area contributed by atoms with Gasteiger partial charge in [0.05, 0.1) is 4.92 Å². The smallest absolute Gasteiger partial charge is 0.329 e. The molecule has 102 valence electrons. The number of halogens is 1. The second kappa shape index (κ2) is 6.40. The number of carboxylic acid groups (broad SMARTS) is 1. The summed E-state index contributed by atoms with van der Waals surface area (Å²) in [5, 5.41) is 21.0. The van der Waals surface area contributed by atoms with Crippen LogP contribution in [-0.4, -0.2) is 35.1 Å². The average molecular weight is 272 g/mol. The minimum absolute atomic E-state index is 0.325. The van der Waals surface area contributed by atoms with Gasteiger partial charge in [0.15, 0.2) is 0 Å². The van der Waals surface area contributed by atoms with Crippen molar-refractivity contribution in [1.29, 1.82) is 0 Å². The van der Waals surface area contributed by atoms with Gasteiger partial charge < -0.3 is 15.2 Å². The quantitative estimate of drug-likeness (QED) is 0.583. The number of carbonyl (C=O) groups excluding carboxylic acids is 1. The van der Waals surface area contributed by atoms with Gasteiger partial charge in [-0.15, -0.1) is 0 Å². The minimum atomic E-state index is -1.26. The van der Waals surface area contributed by atoms with E-state index in [0.717, 1.165) is 18.2 Å². The first kappa shape index (κ1) is 14.5. The lowest BCUT2D eigenvalue weighted by atomic mass is 10.2. The van der Waals surface area contributed by atoms with Crippen molar-refractivity contribution in [2.24, 2.45) is 0 Å². The van der Waals surface area contributed by atoms with E-state index in [4.69, 9.17) is 5.11 Å². The third-order valence-electron chi connectivity index (χ3n) is 1.89. The van der Waals surface area contributed by atoms with Crippen molar-refractivity contribution in [3.8, 4) is 0 Å². The molecular formula is C10H9FN2O6. The molecule has 1 amide bonds. The first-order valence-electron chi connectivity index (χ1n) is 4.93. The molecule has 0 saturated carbocycles. The maximum Gasteiger partial charge on any atom is 0.329 e. The number of rotatable bonds is 6. The van der Waals surface area contributed by atoms with Crippen molar-refractivity contribution in [2.75, 3.05) is 18.5 Å². The van der Waals surface area contributed by atoms with Crippen LogP contribution in [-0.2, 0) is 14.3 Å². The molecule has 0 atom stereocenters. The lowest BCUT2D eigenvalue weighted by molar-refractivity contribution is -0.384. The Morgan fingerprint density at radius 1 is 1.42 bits per heavy atom. The predicted molar refractivity (Wildman–Crippen MR) is 60.1 cm³/mol. The number of ether oxygens (including phenoxy) is 1. The van der Waals surface area contributed by atoms with Gasteiger partial charge in [-0.05, 0) is 6.07 Å². The summed E-state index contributed by atoms with van der Waals surface area (Å²) < 4.78 is 17.4. The monoisotopic (exact) mass is 272 g/mol. The minimum Gasteiger partial charge on any atom is -0.480 e. The summed E-state index contributed by atoms with van der Waals surface area (Å²) in [5.41, 5.74) is -0.804. The van der Waals surface area contributed by atoms with Crippen molar-refractivity contribution >= 4 is 23.3 Å². The molecule has 0 radical (unpaired) electrons. The molecule has 1 aromatic rings. The molecule has 8 nitrogen and oxygen atoms in total. The Balaban J connectivity index is 2.70. The molecule has 0 spiro atoms. The highest BCUT2D eigenvalue weighted by Crippen LogP contribution is 2.24. The van der Waals surface area contributed by atoms with Gasteiger partial charge in [-0.25, -0.2) is 9.18 Å². The van der Waals surface area contributed by atoms with E-state index in [2.05, 4.69) is 10.1 Å². The van der Waals surface area contributed by atoms with Crippen molar-refractivity contribution in [3.05, 3.63) is 34.1 Å². The van der Waals surface area contributed by atoms with Crippen LogP contribution in [0.1, 0.15) is 0 Å². The fourth-order valence-electron chi connectivity index (χ4n) is 1.18. The molecular weight excluding hydrogens is 263 g/mol. The lowest BCUT2D eigenvalue weighted by Crippen LogP contribution is -2.21. The van der Waals surface area contributed by atoms with E-state index in [-0.39, 0.29) is 5.69 Å². The number of nitro groups is 1. The number of benzene rings is 1. The van der Waals surface area contributed by atoms with E-state index in [1.54, 1.807) is 0 Å². The molecule has 0 fully saturated rings. The van der Waals surface area contributed by atoms with Crippen LogP contribution in [0, 0.1) is 15.9 Å². The molecule has 1 rings (SSSR count). The van der Waals surface area contributed by atoms with Crippen LogP contribution in [0.3, 0.4) is 0 Å². The molecule has 0 unspecified atom stereocenters. The van der Waals surface area contributed by atoms with Crippen molar-refractivity contribution < 1.29 is 28.7 Å². The molecule has 19 heavy (non-hydrogen) atoms. The van der Waals surface area contributed by atoms with Gasteiger partial charge in [-0.3, -0.25) is 14.9 Å². The highest BCUT2D eigenvalue weighted by Gasteiger charge is 2.16. The Morgan fingerprint density at radius 3 is 2.68 bits per heavy atom. The summed E-state index contributed by atoms with van der Waals surface area (Å²) >= 11 is 0. The summed E-state index contributed by atoms with van der Waals surface area (Å²) in [6, 6.07) is 2.57. The van der Waals surface area contributed by atoms with E-state index in [1.165, 1.54) is 0 Å². The maximum absolute atomic E-state index is 12.9. The average Bonchev–Trinajstić information content (AvgIpc) is 2.27. The second-order valence-electron chi connectivity index (χ2n) is 3.35.